The Balaban J connectivity index is 0.00000484. The van der Waals surface area contributed by atoms with Gasteiger partial charge in [0.1, 0.15) is 0 Å². The molecule has 1 heterocycles. The molecule has 1 unspecified atom stereocenters. The lowest BCUT2D eigenvalue weighted by molar-refractivity contribution is -0.128. The molecule has 23 heavy (non-hydrogen) atoms. The predicted octanol–water partition coefficient (Wildman–Crippen LogP) is 1.35. The van der Waals surface area contributed by atoms with Gasteiger partial charge in [-0.1, -0.05) is 13.8 Å². The summed E-state index contributed by atoms with van der Waals surface area (Å²) in [7, 11) is -3.14. The van der Waals surface area contributed by atoms with E-state index in [0.29, 0.717) is 38.4 Å². The summed E-state index contributed by atoms with van der Waals surface area (Å²) in [6.07, 6.45) is 1.99. The summed E-state index contributed by atoms with van der Waals surface area (Å²) in [5.41, 5.74) is 5.44. The maximum absolute atomic E-state index is 12.4. The number of carbonyl (C=O) groups is 1. The minimum Gasteiger partial charge on any atom is -0.349 e. The van der Waals surface area contributed by atoms with E-state index in [0.717, 1.165) is 6.42 Å². The van der Waals surface area contributed by atoms with Crippen molar-refractivity contribution in [1.29, 1.82) is 0 Å². The maximum Gasteiger partial charge on any atom is 0.223 e. The van der Waals surface area contributed by atoms with Crippen LogP contribution < -0.4 is 11.1 Å². The summed E-state index contributed by atoms with van der Waals surface area (Å²) in [6, 6.07) is 0. The summed E-state index contributed by atoms with van der Waals surface area (Å²) in [6.45, 7) is 9.09. The molecular formula is C15H32ClN3O3S. The van der Waals surface area contributed by atoms with Gasteiger partial charge < -0.3 is 11.1 Å². The van der Waals surface area contributed by atoms with Gasteiger partial charge in [0.05, 0.1) is 5.75 Å². The largest absolute Gasteiger partial charge is 0.349 e. The highest BCUT2D eigenvalue weighted by atomic mass is 35.5. The van der Waals surface area contributed by atoms with E-state index >= 15 is 0 Å². The van der Waals surface area contributed by atoms with Crippen molar-refractivity contribution in [3.63, 3.8) is 0 Å². The topological polar surface area (TPSA) is 92.5 Å². The lowest BCUT2D eigenvalue weighted by Gasteiger charge is -2.35. The third-order valence-corrected chi connectivity index (χ3v) is 6.20. The molecule has 1 rings (SSSR count). The van der Waals surface area contributed by atoms with Gasteiger partial charge in [-0.05, 0) is 39.0 Å². The predicted molar refractivity (Wildman–Crippen MR) is 96.1 cm³/mol. The van der Waals surface area contributed by atoms with E-state index in [1.165, 1.54) is 4.31 Å². The number of sulfonamides is 1. The number of nitrogens with two attached hydrogens (primary N) is 1. The quantitative estimate of drug-likeness (QED) is 0.708. The fourth-order valence-corrected chi connectivity index (χ4v) is 4.20. The van der Waals surface area contributed by atoms with Gasteiger partial charge in [0.25, 0.3) is 0 Å². The number of carbonyl (C=O) groups excluding carboxylic acids is 1. The molecule has 1 fully saturated rings. The van der Waals surface area contributed by atoms with Crippen molar-refractivity contribution in [2.45, 2.75) is 52.5 Å². The van der Waals surface area contributed by atoms with Crippen molar-refractivity contribution in [1.82, 2.24) is 9.62 Å². The van der Waals surface area contributed by atoms with Crippen LogP contribution in [0.2, 0.25) is 0 Å². The first-order valence-electron chi connectivity index (χ1n) is 8.13. The van der Waals surface area contributed by atoms with Gasteiger partial charge in [-0.15, -0.1) is 12.4 Å². The van der Waals surface area contributed by atoms with Crippen LogP contribution in [0.4, 0.5) is 0 Å². The van der Waals surface area contributed by atoms with Crippen molar-refractivity contribution >= 4 is 28.3 Å². The van der Waals surface area contributed by atoms with Crippen molar-refractivity contribution in [3.8, 4) is 0 Å². The first kappa shape index (κ1) is 22.6. The summed E-state index contributed by atoms with van der Waals surface area (Å²) >= 11 is 0. The molecule has 1 amide bonds. The second-order valence-corrected chi connectivity index (χ2v) is 9.18. The number of hydrogen-bond acceptors (Lipinski definition) is 4. The number of nitrogens with one attached hydrogen (secondary N) is 1. The fourth-order valence-electron chi connectivity index (χ4n) is 3.06. The smallest absolute Gasteiger partial charge is 0.223 e. The third-order valence-electron chi connectivity index (χ3n) is 4.32. The first-order valence-corrected chi connectivity index (χ1v) is 9.74. The van der Waals surface area contributed by atoms with E-state index in [-0.39, 0.29) is 30.0 Å². The summed E-state index contributed by atoms with van der Waals surface area (Å²) < 4.78 is 25.2. The highest BCUT2D eigenvalue weighted by Crippen LogP contribution is 2.22. The van der Waals surface area contributed by atoms with Crippen LogP contribution in [0, 0.1) is 11.8 Å². The fraction of sp³-hybridized carbons (Fsp3) is 0.933. The molecule has 0 aliphatic carbocycles. The second-order valence-electron chi connectivity index (χ2n) is 6.93. The molecule has 0 aromatic heterocycles. The molecule has 6 nitrogen and oxygen atoms in total. The molecule has 1 aliphatic heterocycles. The first-order chi connectivity index (χ1) is 10.1. The Morgan fingerprint density at radius 1 is 1.35 bits per heavy atom. The zero-order chi connectivity index (χ0) is 17.0. The van der Waals surface area contributed by atoms with Crippen LogP contribution in [-0.2, 0) is 14.8 Å². The van der Waals surface area contributed by atoms with Crippen LogP contribution in [0.15, 0.2) is 0 Å². The number of hydrogen-bond donors (Lipinski definition) is 2. The molecule has 8 heteroatoms. The molecule has 0 saturated carbocycles. The Labute approximate surface area is 147 Å². The molecule has 0 radical (unpaired) electrons. The van der Waals surface area contributed by atoms with Crippen LogP contribution in [0.25, 0.3) is 0 Å². The second kappa shape index (κ2) is 9.20. The molecule has 1 saturated heterocycles. The Hall–Kier alpha value is -0.370. The average Bonchev–Trinajstić information content (AvgIpc) is 2.46. The number of piperidine rings is 1. The molecule has 3 N–H and O–H groups in total. The molecule has 0 aromatic rings. The van der Waals surface area contributed by atoms with Gasteiger partial charge in [-0.3, -0.25) is 4.79 Å². The van der Waals surface area contributed by atoms with Gasteiger partial charge in [0, 0.05) is 31.1 Å². The van der Waals surface area contributed by atoms with Crippen molar-refractivity contribution in [2.24, 2.45) is 17.6 Å². The van der Waals surface area contributed by atoms with Crippen molar-refractivity contribution < 1.29 is 13.2 Å². The van der Waals surface area contributed by atoms with Crippen LogP contribution in [0.1, 0.15) is 47.0 Å². The summed E-state index contributed by atoms with van der Waals surface area (Å²) in [5, 5.41) is 3.08. The molecule has 0 spiro atoms. The van der Waals surface area contributed by atoms with Gasteiger partial charge in [-0.25, -0.2) is 12.7 Å². The third kappa shape index (κ3) is 6.57. The van der Waals surface area contributed by atoms with Crippen LogP contribution in [0.3, 0.4) is 0 Å². The molecule has 1 aliphatic rings. The lowest BCUT2D eigenvalue weighted by atomic mass is 9.89. The zero-order valence-electron chi connectivity index (χ0n) is 14.7. The van der Waals surface area contributed by atoms with Crippen LogP contribution in [0.5, 0.6) is 0 Å². The Morgan fingerprint density at radius 2 is 1.87 bits per heavy atom. The number of amides is 1. The minimum atomic E-state index is -3.14. The van der Waals surface area contributed by atoms with Crippen LogP contribution in [-0.4, -0.2) is 49.6 Å². The zero-order valence-corrected chi connectivity index (χ0v) is 16.3. The van der Waals surface area contributed by atoms with Crippen molar-refractivity contribution in [3.05, 3.63) is 0 Å². The molecule has 0 aromatic carbocycles. The standard InChI is InChI=1S/C15H31N3O3S.ClH/c1-5-22(20,21)18-8-6-13(7-9-18)14(19)17-15(4,11-16)10-12(2)3;/h12-13H,5-11,16H2,1-4H3,(H,17,19);1H. The highest BCUT2D eigenvalue weighted by Gasteiger charge is 2.33. The SMILES string of the molecule is CCS(=O)(=O)N1CCC(C(=O)NC(C)(CN)CC(C)C)CC1.Cl. The van der Waals surface area contributed by atoms with Gasteiger partial charge in [0.2, 0.25) is 15.9 Å². The molecule has 1 atom stereocenters. The van der Waals surface area contributed by atoms with Gasteiger partial charge in [0.15, 0.2) is 0 Å². The minimum absolute atomic E-state index is 0. The molecular weight excluding hydrogens is 338 g/mol. The average molecular weight is 370 g/mol. The van der Waals surface area contributed by atoms with Crippen LogP contribution >= 0.6 is 12.4 Å². The number of nitrogens with zero attached hydrogens (tertiary/aromatic N) is 1. The van der Waals surface area contributed by atoms with Gasteiger partial charge in [-0.2, -0.15) is 0 Å². The summed E-state index contributed by atoms with van der Waals surface area (Å²) in [4.78, 5) is 12.4. The maximum atomic E-state index is 12.4. The van der Waals surface area contributed by atoms with E-state index in [4.69, 9.17) is 5.73 Å². The molecule has 138 valence electrons. The van der Waals surface area contributed by atoms with E-state index in [1.807, 2.05) is 6.92 Å². The van der Waals surface area contributed by atoms with Gasteiger partial charge >= 0.3 is 0 Å². The van der Waals surface area contributed by atoms with E-state index < -0.39 is 15.6 Å². The Kier molecular flexibility index (Phi) is 9.05. The van der Waals surface area contributed by atoms with E-state index in [2.05, 4.69) is 19.2 Å². The van der Waals surface area contributed by atoms with Crippen molar-refractivity contribution in [2.75, 3.05) is 25.4 Å². The Bertz CT molecular complexity index is 476. The van der Waals surface area contributed by atoms with E-state index in [1.54, 1.807) is 6.92 Å². The number of halogens is 1. The molecule has 0 bridgehead atoms. The normalized spacial score (nSPS) is 19.9. The Morgan fingerprint density at radius 3 is 2.26 bits per heavy atom. The monoisotopic (exact) mass is 369 g/mol. The lowest BCUT2D eigenvalue weighted by Crippen LogP contribution is -2.55. The highest BCUT2D eigenvalue weighted by molar-refractivity contribution is 7.89. The summed E-state index contributed by atoms with van der Waals surface area (Å²) in [5.74, 6) is 0.442. The number of rotatable bonds is 7. The van der Waals surface area contributed by atoms with E-state index in [9.17, 15) is 13.2 Å².